The Bertz CT molecular complexity index is 1220. The number of rotatable bonds is 4. The third-order valence-corrected chi connectivity index (χ3v) is 5.58. The second kappa shape index (κ2) is 7.46. The molecule has 0 atom stereocenters. The molecule has 2 N–H and O–H groups in total. The lowest BCUT2D eigenvalue weighted by Crippen LogP contribution is -2.13. The minimum atomic E-state index is -4.04. The summed E-state index contributed by atoms with van der Waals surface area (Å²) in [5, 5.41) is 18.9. The maximum atomic E-state index is 13.4. The van der Waals surface area contributed by atoms with E-state index in [9.17, 15) is 17.9 Å². The van der Waals surface area contributed by atoms with Crippen LogP contribution in [0.4, 0.5) is 10.1 Å². The number of hydrogen-bond acceptors (Lipinski definition) is 5. The van der Waals surface area contributed by atoms with Gasteiger partial charge in [0.2, 0.25) is 0 Å². The number of aryl methyl sites for hydroxylation is 1. The summed E-state index contributed by atoms with van der Waals surface area (Å²) >= 11 is 6.23. The summed E-state index contributed by atoms with van der Waals surface area (Å²) in [4.78, 5) is 3.64. The highest BCUT2D eigenvalue weighted by atomic mass is 35.5. The predicted molar refractivity (Wildman–Crippen MR) is 103 cm³/mol. The van der Waals surface area contributed by atoms with Crippen molar-refractivity contribution in [3.8, 4) is 23.1 Å². The van der Waals surface area contributed by atoms with Crippen molar-refractivity contribution in [3.63, 3.8) is 0 Å². The number of nitriles is 1. The largest absolute Gasteiger partial charge is 0.507 e. The Morgan fingerprint density at radius 3 is 2.61 bits per heavy atom. The van der Waals surface area contributed by atoms with Gasteiger partial charge in [-0.15, -0.1) is 0 Å². The average molecular weight is 418 g/mol. The molecule has 0 aliphatic carbocycles. The van der Waals surface area contributed by atoms with Crippen LogP contribution in [0.3, 0.4) is 0 Å². The van der Waals surface area contributed by atoms with Crippen molar-refractivity contribution in [1.82, 2.24) is 4.98 Å². The van der Waals surface area contributed by atoms with Crippen molar-refractivity contribution < 1.29 is 17.9 Å². The molecule has 6 nitrogen and oxygen atoms in total. The van der Waals surface area contributed by atoms with Crippen molar-refractivity contribution in [2.45, 2.75) is 11.8 Å². The highest BCUT2D eigenvalue weighted by molar-refractivity contribution is 7.92. The molecule has 3 rings (SSSR count). The second-order valence-corrected chi connectivity index (χ2v) is 7.97. The van der Waals surface area contributed by atoms with Crippen molar-refractivity contribution >= 4 is 27.3 Å². The molecule has 3 aromatic rings. The van der Waals surface area contributed by atoms with Crippen LogP contribution in [0.1, 0.15) is 11.3 Å². The number of aromatic hydroxyl groups is 1. The minimum absolute atomic E-state index is 0.150. The summed E-state index contributed by atoms with van der Waals surface area (Å²) in [6.07, 6.45) is 0. The molecule has 0 fully saturated rings. The number of sulfonamides is 1. The summed E-state index contributed by atoms with van der Waals surface area (Å²) in [7, 11) is -4.04. The van der Waals surface area contributed by atoms with Gasteiger partial charge in [-0.3, -0.25) is 4.72 Å². The lowest BCUT2D eigenvalue weighted by atomic mass is 10.1. The summed E-state index contributed by atoms with van der Waals surface area (Å²) in [6, 6.07) is 12.7. The number of nitrogens with one attached hydrogen (secondary N) is 1. The normalized spacial score (nSPS) is 11.1. The molecule has 142 valence electrons. The van der Waals surface area contributed by atoms with E-state index >= 15 is 0 Å². The van der Waals surface area contributed by atoms with E-state index in [2.05, 4.69) is 9.71 Å². The fraction of sp³-hybridized carbons (Fsp3) is 0.0526. The lowest BCUT2D eigenvalue weighted by Gasteiger charge is -2.12. The quantitative estimate of drug-likeness (QED) is 0.661. The van der Waals surface area contributed by atoms with Crippen LogP contribution in [0.5, 0.6) is 5.75 Å². The van der Waals surface area contributed by atoms with Gasteiger partial charge < -0.3 is 5.11 Å². The van der Waals surface area contributed by atoms with Crippen LogP contribution in [-0.2, 0) is 10.0 Å². The smallest absolute Gasteiger partial charge is 0.265 e. The molecule has 28 heavy (non-hydrogen) atoms. The van der Waals surface area contributed by atoms with Gasteiger partial charge in [-0.25, -0.2) is 17.8 Å². The molecule has 0 radical (unpaired) electrons. The minimum Gasteiger partial charge on any atom is -0.507 e. The molecule has 1 heterocycles. The molecule has 0 unspecified atom stereocenters. The highest BCUT2D eigenvalue weighted by Gasteiger charge is 2.20. The fourth-order valence-corrected chi connectivity index (χ4v) is 4.01. The molecular weight excluding hydrogens is 405 g/mol. The standard InChI is InChI=1S/C19H13ClFN3O3S/c1-11-2-7-18(25)19(8-11)28(26,27)24-12-3-4-13(14(20)9-12)16-6-5-15(21)17(10-22)23-16/h2-9,24-25H,1H3. The summed E-state index contributed by atoms with van der Waals surface area (Å²) < 4.78 is 40.9. The van der Waals surface area contributed by atoms with Gasteiger partial charge in [0, 0.05) is 5.56 Å². The molecule has 0 spiro atoms. The van der Waals surface area contributed by atoms with E-state index < -0.39 is 15.8 Å². The van der Waals surface area contributed by atoms with Gasteiger partial charge in [0.15, 0.2) is 11.5 Å². The van der Waals surface area contributed by atoms with Crippen molar-refractivity contribution in [1.29, 1.82) is 5.26 Å². The van der Waals surface area contributed by atoms with Crippen LogP contribution < -0.4 is 4.72 Å². The highest BCUT2D eigenvalue weighted by Crippen LogP contribution is 2.31. The van der Waals surface area contributed by atoms with E-state index in [0.29, 0.717) is 11.1 Å². The zero-order valence-corrected chi connectivity index (χ0v) is 16.0. The van der Waals surface area contributed by atoms with E-state index in [0.717, 1.165) is 6.07 Å². The molecule has 0 amide bonds. The van der Waals surface area contributed by atoms with Crippen LogP contribution in [0.2, 0.25) is 5.02 Å². The Labute approximate surface area is 165 Å². The number of nitrogens with zero attached hydrogens (tertiary/aromatic N) is 2. The first kappa shape index (κ1) is 19.6. The number of aromatic nitrogens is 1. The summed E-state index contributed by atoms with van der Waals surface area (Å²) in [5.74, 6) is -1.12. The van der Waals surface area contributed by atoms with Gasteiger partial charge in [0.25, 0.3) is 10.0 Å². The van der Waals surface area contributed by atoms with Crippen LogP contribution >= 0.6 is 11.6 Å². The van der Waals surface area contributed by atoms with Crippen molar-refractivity contribution in [2.24, 2.45) is 0 Å². The average Bonchev–Trinajstić information content (AvgIpc) is 2.64. The Hall–Kier alpha value is -3.15. The zero-order valence-electron chi connectivity index (χ0n) is 14.4. The first-order chi connectivity index (χ1) is 13.2. The van der Waals surface area contributed by atoms with Gasteiger partial charge in [0.1, 0.15) is 16.7 Å². The topological polar surface area (TPSA) is 103 Å². The molecule has 1 aromatic heterocycles. The number of anilines is 1. The van der Waals surface area contributed by atoms with Gasteiger partial charge in [0.05, 0.1) is 16.4 Å². The molecular formula is C19H13ClFN3O3S. The molecule has 2 aromatic carbocycles. The number of phenols is 1. The summed E-state index contributed by atoms with van der Waals surface area (Å²) in [5.41, 5.74) is 1.14. The summed E-state index contributed by atoms with van der Waals surface area (Å²) in [6.45, 7) is 1.70. The van der Waals surface area contributed by atoms with E-state index in [1.807, 2.05) is 0 Å². The third kappa shape index (κ3) is 3.91. The first-order valence-electron chi connectivity index (χ1n) is 7.90. The van der Waals surface area contributed by atoms with E-state index in [1.165, 1.54) is 36.4 Å². The Balaban J connectivity index is 1.95. The van der Waals surface area contributed by atoms with Crippen LogP contribution in [-0.4, -0.2) is 18.5 Å². The van der Waals surface area contributed by atoms with Crippen molar-refractivity contribution in [3.05, 3.63) is 70.6 Å². The second-order valence-electron chi connectivity index (χ2n) is 5.91. The lowest BCUT2D eigenvalue weighted by molar-refractivity contribution is 0.459. The molecule has 0 aliphatic heterocycles. The SMILES string of the molecule is Cc1ccc(O)c(S(=O)(=O)Nc2ccc(-c3ccc(F)c(C#N)n3)c(Cl)c2)c1. The maximum Gasteiger partial charge on any atom is 0.265 e. The van der Waals surface area contributed by atoms with E-state index in [-0.39, 0.29) is 32.7 Å². The van der Waals surface area contributed by atoms with Gasteiger partial charge in [-0.05, 0) is 55.0 Å². The monoisotopic (exact) mass is 417 g/mol. The molecule has 0 saturated carbocycles. The van der Waals surface area contributed by atoms with Crippen LogP contribution in [0.15, 0.2) is 53.4 Å². The first-order valence-corrected chi connectivity index (χ1v) is 9.76. The number of halogens is 2. The van der Waals surface area contributed by atoms with Gasteiger partial charge in [-0.1, -0.05) is 17.7 Å². The van der Waals surface area contributed by atoms with Crippen LogP contribution in [0.25, 0.3) is 11.3 Å². The Morgan fingerprint density at radius 1 is 1.18 bits per heavy atom. The number of hydrogen-bond donors (Lipinski definition) is 2. The Morgan fingerprint density at radius 2 is 1.93 bits per heavy atom. The fourth-order valence-electron chi connectivity index (χ4n) is 2.50. The number of pyridine rings is 1. The number of benzene rings is 2. The predicted octanol–water partition coefficient (Wildman–Crippen LogP) is 4.23. The van der Waals surface area contributed by atoms with Gasteiger partial charge in [-0.2, -0.15) is 5.26 Å². The van der Waals surface area contributed by atoms with E-state index in [4.69, 9.17) is 16.9 Å². The molecule has 0 bridgehead atoms. The molecule has 9 heteroatoms. The Kier molecular flexibility index (Phi) is 5.23. The zero-order chi connectivity index (χ0) is 20.5. The molecule has 0 aliphatic rings. The number of phenolic OH excluding ortho intramolecular Hbond substituents is 1. The van der Waals surface area contributed by atoms with Crippen molar-refractivity contribution in [2.75, 3.05) is 4.72 Å². The van der Waals surface area contributed by atoms with Crippen LogP contribution in [0, 0.1) is 24.1 Å². The molecule has 0 saturated heterocycles. The van der Waals surface area contributed by atoms with E-state index in [1.54, 1.807) is 19.1 Å². The maximum absolute atomic E-state index is 13.4. The van der Waals surface area contributed by atoms with Gasteiger partial charge >= 0.3 is 0 Å². The third-order valence-electron chi connectivity index (χ3n) is 3.85.